The molecule has 0 radical (unpaired) electrons. The Bertz CT molecular complexity index is 219. The zero-order valence-electron chi connectivity index (χ0n) is 9.17. The molecule has 0 aromatic carbocycles. The molecule has 0 rings (SSSR count). The lowest BCUT2D eigenvalue weighted by Crippen LogP contribution is -2.49. The SMILES string of the molecule is COC(=O)C(C)(C)C(C)(C)C(=O)NO. The normalized spacial score (nSPS) is 12.1. The molecule has 14 heavy (non-hydrogen) atoms. The average Bonchev–Trinajstić information content (AvgIpc) is 2.14. The second-order valence-electron chi connectivity index (χ2n) is 4.18. The Morgan fingerprint density at radius 2 is 1.57 bits per heavy atom. The summed E-state index contributed by atoms with van der Waals surface area (Å²) in [6, 6.07) is 0. The van der Waals surface area contributed by atoms with E-state index in [0.717, 1.165) is 0 Å². The summed E-state index contributed by atoms with van der Waals surface area (Å²) in [5, 5.41) is 8.54. The van der Waals surface area contributed by atoms with Gasteiger partial charge < -0.3 is 4.74 Å². The van der Waals surface area contributed by atoms with Gasteiger partial charge in [-0.05, 0) is 27.7 Å². The molecule has 5 nitrogen and oxygen atoms in total. The molecule has 0 saturated heterocycles. The standard InChI is InChI=1S/C9H17NO4/c1-8(2,6(11)10-13)9(3,4)7(12)14-5/h13H,1-5H3,(H,10,11). The number of carbonyl (C=O) groups is 2. The molecule has 1 amide bonds. The smallest absolute Gasteiger partial charge is 0.312 e. The third-order valence-corrected chi connectivity index (χ3v) is 2.93. The van der Waals surface area contributed by atoms with Crippen molar-refractivity contribution in [3.8, 4) is 0 Å². The maximum absolute atomic E-state index is 11.4. The van der Waals surface area contributed by atoms with Gasteiger partial charge in [-0.2, -0.15) is 0 Å². The fraction of sp³-hybridized carbons (Fsp3) is 0.778. The maximum atomic E-state index is 11.4. The van der Waals surface area contributed by atoms with E-state index in [1.807, 2.05) is 0 Å². The number of ether oxygens (including phenoxy) is 1. The molecule has 5 heteroatoms. The first kappa shape index (κ1) is 12.9. The number of rotatable bonds is 3. The van der Waals surface area contributed by atoms with Crippen LogP contribution in [-0.2, 0) is 14.3 Å². The van der Waals surface area contributed by atoms with Crippen molar-refractivity contribution < 1.29 is 19.5 Å². The summed E-state index contributed by atoms with van der Waals surface area (Å²) in [6.07, 6.45) is 0. The van der Waals surface area contributed by atoms with Gasteiger partial charge in [-0.25, -0.2) is 5.48 Å². The molecule has 0 saturated carbocycles. The predicted octanol–water partition coefficient (Wildman–Crippen LogP) is 0.717. The lowest BCUT2D eigenvalue weighted by molar-refractivity contribution is -0.165. The highest BCUT2D eigenvalue weighted by molar-refractivity contribution is 5.89. The number of esters is 1. The van der Waals surface area contributed by atoms with Crippen LogP contribution in [0.4, 0.5) is 0 Å². The van der Waals surface area contributed by atoms with Crippen LogP contribution in [-0.4, -0.2) is 24.2 Å². The van der Waals surface area contributed by atoms with Crippen LogP contribution in [0.15, 0.2) is 0 Å². The Balaban J connectivity index is 5.06. The molecule has 0 aliphatic heterocycles. The summed E-state index contributed by atoms with van der Waals surface area (Å²) >= 11 is 0. The van der Waals surface area contributed by atoms with Crippen LogP contribution in [0.5, 0.6) is 0 Å². The second kappa shape index (κ2) is 3.96. The Morgan fingerprint density at radius 1 is 1.14 bits per heavy atom. The molecule has 82 valence electrons. The van der Waals surface area contributed by atoms with E-state index < -0.39 is 22.7 Å². The lowest BCUT2D eigenvalue weighted by Gasteiger charge is -2.36. The highest BCUT2D eigenvalue weighted by Gasteiger charge is 2.49. The summed E-state index contributed by atoms with van der Waals surface area (Å²) in [5.74, 6) is -1.11. The third-order valence-electron chi connectivity index (χ3n) is 2.93. The van der Waals surface area contributed by atoms with Crippen LogP contribution in [0.1, 0.15) is 27.7 Å². The Kier molecular flexibility index (Phi) is 3.65. The molecule has 0 aromatic rings. The molecule has 0 fully saturated rings. The minimum absolute atomic E-state index is 0.494. The summed E-state index contributed by atoms with van der Waals surface area (Å²) in [4.78, 5) is 22.7. The van der Waals surface area contributed by atoms with Crippen molar-refractivity contribution in [3.05, 3.63) is 0 Å². The van der Waals surface area contributed by atoms with Gasteiger partial charge in [-0.3, -0.25) is 14.8 Å². The van der Waals surface area contributed by atoms with Gasteiger partial charge >= 0.3 is 5.97 Å². The van der Waals surface area contributed by atoms with E-state index in [1.54, 1.807) is 33.2 Å². The summed E-state index contributed by atoms with van der Waals surface area (Å²) in [5.41, 5.74) is -0.509. The van der Waals surface area contributed by atoms with E-state index in [2.05, 4.69) is 4.74 Å². The molecule has 0 spiro atoms. The number of amides is 1. The summed E-state index contributed by atoms with van der Waals surface area (Å²) in [7, 11) is 1.26. The monoisotopic (exact) mass is 203 g/mol. The summed E-state index contributed by atoms with van der Waals surface area (Å²) < 4.78 is 4.60. The van der Waals surface area contributed by atoms with Crippen LogP contribution in [0, 0.1) is 10.8 Å². The Labute approximate surface area is 83.4 Å². The van der Waals surface area contributed by atoms with Gasteiger partial charge in [0.1, 0.15) is 0 Å². The van der Waals surface area contributed by atoms with Crippen molar-refractivity contribution in [2.75, 3.05) is 7.11 Å². The van der Waals surface area contributed by atoms with E-state index in [1.165, 1.54) is 7.11 Å². The molecule has 2 N–H and O–H groups in total. The van der Waals surface area contributed by atoms with Crippen LogP contribution < -0.4 is 5.48 Å². The van der Waals surface area contributed by atoms with Gasteiger partial charge in [0.05, 0.1) is 17.9 Å². The molecule has 0 unspecified atom stereocenters. The number of hydrogen-bond donors (Lipinski definition) is 2. The minimum atomic E-state index is -1.05. The molecule has 0 aliphatic rings. The maximum Gasteiger partial charge on any atom is 0.312 e. The number of methoxy groups -OCH3 is 1. The second-order valence-corrected chi connectivity index (χ2v) is 4.18. The largest absolute Gasteiger partial charge is 0.469 e. The van der Waals surface area contributed by atoms with Gasteiger partial charge in [-0.1, -0.05) is 0 Å². The van der Waals surface area contributed by atoms with Gasteiger partial charge in [0.2, 0.25) is 5.91 Å². The number of nitrogens with one attached hydrogen (secondary N) is 1. The van der Waals surface area contributed by atoms with Gasteiger partial charge in [-0.15, -0.1) is 0 Å². The van der Waals surface area contributed by atoms with E-state index in [-0.39, 0.29) is 0 Å². The van der Waals surface area contributed by atoms with Crippen molar-refractivity contribution in [2.24, 2.45) is 10.8 Å². The highest BCUT2D eigenvalue weighted by atomic mass is 16.5. The molecule has 0 bridgehead atoms. The molecular formula is C9H17NO4. The molecule has 0 atom stereocenters. The van der Waals surface area contributed by atoms with Crippen LogP contribution in [0.25, 0.3) is 0 Å². The fourth-order valence-electron chi connectivity index (χ4n) is 0.934. The summed E-state index contributed by atoms with van der Waals surface area (Å²) in [6.45, 7) is 6.31. The molecular weight excluding hydrogens is 186 g/mol. The number of carbonyl (C=O) groups excluding carboxylic acids is 2. The first-order valence-electron chi connectivity index (χ1n) is 4.24. The molecule has 0 heterocycles. The van der Waals surface area contributed by atoms with Crippen molar-refractivity contribution in [3.63, 3.8) is 0 Å². The average molecular weight is 203 g/mol. The van der Waals surface area contributed by atoms with Crippen molar-refractivity contribution >= 4 is 11.9 Å². The van der Waals surface area contributed by atoms with E-state index in [4.69, 9.17) is 5.21 Å². The van der Waals surface area contributed by atoms with Crippen LogP contribution in [0.2, 0.25) is 0 Å². The lowest BCUT2D eigenvalue weighted by atomic mass is 9.67. The minimum Gasteiger partial charge on any atom is -0.469 e. The fourth-order valence-corrected chi connectivity index (χ4v) is 0.934. The zero-order chi connectivity index (χ0) is 11.6. The van der Waals surface area contributed by atoms with Crippen molar-refractivity contribution in [1.82, 2.24) is 5.48 Å². The number of hydroxylamine groups is 1. The third kappa shape index (κ3) is 1.87. The topological polar surface area (TPSA) is 75.6 Å². The van der Waals surface area contributed by atoms with Gasteiger partial charge in [0, 0.05) is 0 Å². The molecule has 0 aromatic heterocycles. The highest BCUT2D eigenvalue weighted by Crippen LogP contribution is 2.39. The quantitative estimate of drug-likeness (QED) is 0.402. The van der Waals surface area contributed by atoms with E-state index in [9.17, 15) is 9.59 Å². The van der Waals surface area contributed by atoms with Crippen LogP contribution in [0.3, 0.4) is 0 Å². The zero-order valence-corrected chi connectivity index (χ0v) is 9.17. The van der Waals surface area contributed by atoms with Crippen molar-refractivity contribution in [1.29, 1.82) is 0 Å². The first-order chi connectivity index (χ1) is 6.21. The predicted molar refractivity (Wildman–Crippen MR) is 49.5 cm³/mol. The van der Waals surface area contributed by atoms with Crippen LogP contribution >= 0.6 is 0 Å². The van der Waals surface area contributed by atoms with Gasteiger partial charge in [0.25, 0.3) is 0 Å². The first-order valence-corrected chi connectivity index (χ1v) is 4.24. The van der Waals surface area contributed by atoms with Gasteiger partial charge in [0.15, 0.2) is 0 Å². The molecule has 0 aliphatic carbocycles. The Hall–Kier alpha value is -1.10. The van der Waals surface area contributed by atoms with E-state index >= 15 is 0 Å². The number of hydrogen-bond acceptors (Lipinski definition) is 4. The Morgan fingerprint density at radius 3 is 1.86 bits per heavy atom. The van der Waals surface area contributed by atoms with E-state index in [0.29, 0.717) is 0 Å². The van der Waals surface area contributed by atoms with Crippen molar-refractivity contribution in [2.45, 2.75) is 27.7 Å².